The molecule has 1 saturated heterocycles. The van der Waals surface area contributed by atoms with Crippen LogP contribution in [0.1, 0.15) is 35.3 Å². The minimum absolute atomic E-state index is 0.0893. The standard InChI is InChI=1S/C24H27N5O2S/c30-23(25-10-13-27-11-5-2-6-12-27)17-29-24(31)21-15-22-20(9-14-32-22)28(21)16-19(26-29)18-7-3-1-4-8-18/h1,3-4,7-9,14-15H,2,5-6,10-13,16-17H2,(H,25,30). The van der Waals surface area contributed by atoms with Gasteiger partial charge in [0, 0.05) is 13.1 Å². The van der Waals surface area contributed by atoms with Crippen molar-refractivity contribution in [3.8, 4) is 0 Å². The number of nitrogens with zero attached hydrogens (tertiary/aromatic N) is 4. The highest BCUT2D eigenvalue weighted by molar-refractivity contribution is 7.17. The molecule has 2 aliphatic rings. The third-order valence-electron chi connectivity index (χ3n) is 6.12. The van der Waals surface area contributed by atoms with Crippen LogP contribution in [0.3, 0.4) is 0 Å². The number of hydrazone groups is 1. The molecule has 8 heteroatoms. The zero-order valence-electron chi connectivity index (χ0n) is 18.0. The van der Waals surface area contributed by atoms with Crippen molar-refractivity contribution < 1.29 is 9.59 Å². The van der Waals surface area contributed by atoms with E-state index in [1.165, 1.54) is 24.3 Å². The summed E-state index contributed by atoms with van der Waals surface area (Å²) in [6, 6.07) is 13.8. The average molecular weight is 450 g/mol. The van der Waals surface area contributed by atoms with Crippen LogP contribution in [0.4, 0.5) is 0 Å². The Hall–Kier alpha value is -2.97. The first-order valence-corrected chi connectivity index (χ1v) is 12.1. The smallest absolute Gasteiger partial charge is 0.291 e. The van der Waals surface area contributed by atoms with Gasteiger partial charge in [0.25, 0.3) is 5.91 Å². The molecule has 7 nitrogen and oxygen atoms in total. The minimum atomic E-state index is -0.245. The lowest BCUT2D eigenvalue weighted by Crippen LogP contribution is -2.42. The fourth-order valence-corrected chi connectivity index (χ4v) is 5.27. The molecule has 0 saturated carbocycles. The first-order valence-electron chi connectivity index (χ1n) is 11.2. The van der Waals surface area contributed by atoms with Gasteiger partial charge in [-0.3, -0.25) is 9.59 Å². The molecule has 1 aromatic carbocycles. The largest absolute Gasteiger partial charge is 0.353 e. The number of hydrogen-bond acceptors (Lipinski definition) is 5. The maximum absolute atomic E-state index is 13.4. The van der Waals surface area contributed by atoms with E-state index in [2.05, 4.69) is 15.3 Å². The maximum atomic E-state index is 13.4. The van der Waals surface area contributed by atoms with E-state index in [0.717, 1.165) is 41.1 Å². The molecule has 1 N–H and O–H groups in total. The van der Waals surface area contributed by atoms with E-state index in [9.17, 15) is 9.59 Å². The summed E-state index contributed by atoms with van der Waals surface area (Å²) in [6.07, 6.45) is 3.75. The molecular weight excluding hydrogens is 422 g/mol. The number of piperidine rings is 1. The van der Waals surface area contributed by atoms with Gasteiger partial charge in [0.15, 0.2) is 0 Å². The van der Waals surface area contributed by atoms with Crippen molar-refractivity contribution in [1.82, 2.24) is 19.8 Å². The highest BCUT2D eigenvalue weighted by Gasteiger charge is 2.28. The molecule has 0 spiro atoms. The summed E-state index contributed by atoms with van der Waals surface area (Å²) in [6.45, 7) is 4.02. The van der Waals surface area contributed by atoms with Gasteiger partial charge in [-0.1, -0.05) is 36.8 Å². The number of rotatable bonds is 6. The number of benzene rings is 1. The molecule has 2 aliphatic heterocycles. The number of carbonyl (C=O) groups excluding carboxylic acids is 2. The zero-order chi connectivity index (χ0) is 21.9. The average Bonchev–Trinajstić information content (AvgIpc) is 3.38. The number of nitrogens with one attached hydrogen (secondary N) is 1. The molecule has 0 unspecified atom stereocenters. The van der Waals surface area contributed by atoms with Crippen molar-refractivity contribution >= 4 is 39.1 Å². The number of carbonyl (C=O) groups is 2. The molecule has 2 aromatic heterocycles. The molecule has 32 heavy (non-hydrogen) atoms. The number of aromatic nitrogens is 1. The number of amides is 2. The highest BCUT2D eigenvalue weighted by Crippen LogP contribution is 2.28. The van der Waals surface area contributed by atoms with Crippen LogP contribution in [-0.4, -0.2) is 64.7 Å². The maximum Gasteiger partial charge on any atom is 0.291 e. The Kier molecular flexibility index (Phi) is 6.05. The predicted molar refractivity (Wildman–Crippen MR) is 127 cm³/mol. The lowest BCUT2D eigenvalue weighted by atomic mass is 10.1. The summed E-state index contributed by atoms with van der Waals surface area (Å²) in [4.78, 5) is 28.4. The summed E-state index contributed by atoms with van der Waals surface area (Å²) in [5, 5.41) is 11.0. The fraction of sp³-hybridized carbons (Fsp3) is 0.375. The lowest BCUT2D eigenvalue weighted by Gasteiger charge is -2.26. The van der Waals surface area contributed by atoms with Gasteiger partial charge < -0.3 is 14.8 Å². The lowest BCUT2D eigenvalue weighted by molar-refractivity contribution is -0.121. The second-order valence-electron chi connectivity index (χ2n) is 8.31. The van der Waals surface area contributed by atoms with Gasteiger partial charge in [-0.15, -0.1) is 11.3 Å². The Labute approximate surface area is 191 Å². The van der Waals surface area contributed by atoms with Crippen LogP contribution in [0.15, 0.2) is 52.9 Å². The van der Waals surface area contributed by atoms with E-state index < -0.39 is 0 Å². The number of hydrogen-bond donors (Lipinski definition) is 1. The van der Waals surface area contributed by atoms with Crippen molar-refractivity contribution in [2.24, 2.45) is 5.10 Å². The minimum Gasteiger partial charge on any atom is -0.353 e. The fourth-order valence-electron chi connectivity index (χ4n) is 4.44. The summed E-state index contributed by atoms with van der Waals surface area (Å²) < 4.78 is 3.07. The summed E-state index contributed by atoms with van der Waals surface area (Å²) in [7, 11) is 0. The molecule has 1 fully saturated rings. The molecule has 166 valence electrons. The van der Waals surface area contributed by atoms with E-state index in [1.807, 2.05) is 52.4 Å². The van der Waals surface area contributed by atoms with Crippen molar-refractivity contribution in [2.75, 3.05) is 32.7 Å². The molecule has 0 radical (unpaired) electrons. The summed E-state index contributed by atoms with van der Waals surface area (Å²) in [5.41, 5.74) is 3.31. The zero-order valence-corrected chi connectivity index (χ0v) is 18.8. The van der Waals surface area contributed by atoms with Crippen LogP contribution in [0.5, 0.6) is 0 Å². The molecular formula is C24H27N5O2S. The van der Waals surface area contributed by atoms with E-state index in [1.54, 1.807) is 11.3 Å². The van der Waals surface area contributed by atoms with Crippen molar-refractivity contribution in [3.63, 3.8) is 0 Å². The number of thiophene rings is 1. The van der Waals surface area contributed by atoms with Crippen molar-refractivity contribution in [3.05, 3.63) is 59.1 Å². The molecule has 5 rings (SSSR count). The second kappa shape index (κ2) is 9.26. The van der Waals surface area contributed by atoms with Crippen LogP contribution >= 0.6 is 11.3 Å². The van der Waals surface area contributed by atoms with Gasteiger partial charge in [-0.2, -0.15) is 5.10 Å². The van der Waals surface area contributed by atoms with Gasteiger partial charge >= 0.3 is 0 Å². The molecule has 4 heterocycles. The van der Waals surface area contributed by atoms with Gasteiger partial charge in [0.05, 0.1) is 22.5 Å². The normalized spacial score (nSPS) is 17.2. The Morgan fingerprint density at radius 1 is 1.09 bits per heavy atom. The molecule has 0 bridgehead atoms. The van der Waals surface area contributed by atoms with Crippen LogP contribution in [0.2, 0.25) is 0 Å². The molecule has 0 atom stereocenters. The van der Waals surface area contributed by atoms with Crippen LogP contribution in [-0.2, 0) is 11.3 Å². The Bertz CT molecular complexity index is 1140. The summed E-state index contributed by atoms with van der Waals surface area (Å²) >= 11 is 1.61. The monoisotopic (exact) mass is 449 g/mol. The Morgan fingerprint density at radius 3 is 2.72 bits per heavy atom. The highest BCUT2D eigenvalue weighted by atomic mass is 32.1. The van der Waals surface area contributed by atoms with Crippen LogP contribution < -0.4 is 5.32 Å². The second-order valence-corrected chi connectivity index (χ2v) is 9.26. The SMILES string of the molecule is O=C(CN1N=C(c2ccccc2)Cn2c(cc3sccc32)C1=O)NCCN1CCCCC1. The van der Waals surface area contributed by atoms with Crippen LogP contribution in [0, 0.1) is 0 Å². The predicted octanol–water partition coefficient (Wildman–Crippen LogP) is 3.17. The number of likely N-dealkylation sites (tertiary alicyclic amines) is 1. The van der Waals surface area contributed by atoms with Crippen LogP contribution in [0.25, 0.3) is 10.2 Å². The van der Waals surface area contributed by atoms with Gasteiger partial charge in [-0.25, -0.2) is 5.01 Å². The summed E-state index contributed by atoms with van der Waals surface area (Å²) in [5.74, 6) is -0.432. The molecule has 2 amide bonds. The first-order chi connectivity index (χ1) is 15.7. The third kappa shape index (κ3) is 4.33. The van der Waals surface area contributed by atoms with Gasteiger partial charge in [0.1, 0.15) is 12.2 Å². The topological polar surface area (TPSA) is 69.9 Å². The molecule has 3 aromatic rings. The van der Waals surface area contributed by atoms with E-state index in [4.69, 9.17) is 0 Å². The van der Waals surface area contributed by atoms with E-state index in [0.29, 0.717) is 18.8 Å². The van der Waals surface area contributed by atoms with Crippen molar-refractivity contribution in [2.45, 2.75) is 25.8 Å². The van der Waals surface area contributed by atoms with Gasteiger partial charge in [0.2, 0.25) is 5.91 Å². The van der Waals surface area contributed by atoms with E-state index in [-0.39, 0.29) is 18.4 Å². The third-order valence-corrected chi connectivity index (χ3v) is 6.98. The molecule has 0 aliphatic carbocycles. The first kappa shape index (κ1) is 20.9. The Morgan fingerprint density at radius 2 is 1.91 bits per heavy atom. The van der Waals surface area contributed by atoms with Crippen molar-refractivity contribution in [1.29, 1.82) is 0 Å². The quantitative estimate of drug-likeness (QED) is 0.629. The number of fused-ring (bicyclic) bond motifs is 3. The van der Waals surface area contributed by atoms with E-state index >= 15 is 0 Å². The Balaban J connectivity index is 1.35. The van der Waals surface area contributed by atoms with Gasteiger partial charge in [-0.05, 0) is 49.0 Å².